The fourth-order valence-electron chi connectivity index (χ4n) is 2.48. The van der Waals surface area contributed by atoms with Crippen LogP contribution in [-0.2, 0) is 0 Å². The van der Waals surface area contributed by atoms with Crippen LogP contribution in [0.25, 0.3) is 16.7 Å². The van der Waals surface area contributed by atoms with Crippen LogP contribution in [0.2, 0.25) is 0 Å². The summed E-state index contributed by atoms with van der Waals surface area (Å²) >= 11 is 0. The standard InChI is InChI=1S/C17H21N5O/c1-4-13(9-23)21-16-15-8-20-22(17(15)19-10-18-16)14-6-5-11(2)12(3)7-14/h5-8,10,13,23H,4,9H2,1-3H3,(H,18,19,21)/t13-/m1/s1. The van der Waals surface area contributed by atoms with Crippen LogP contribution < -0.4 is 5.32 Å². The molecule has 0 saturated heterocycles. The Bertz CT molecular complexity index is 823. The zero-order valence-electron chi connectivity index (χ0n) is 13.6. The van der Waals surface area contributed by atoms with Crippen LogP contribution in [0.4, 0.5) is 5.82 Å². The fourth-order valence-corrected chi connectivity index (χ4v) is 2.48. The topological polar surface area (TPSA) is 75.9 Å². The van der Waals surface area contributed by atoms with E-state index in [4.69, 9.17) is 0 Å². The Labute approximate surface area is 135 Å². The first-order valence-electron chi connectivity index (χ1n) is 7.77. The van der Waals surface area contributed by atoms with E-state index in [0.717, 1.165) is 23.1 Å². The minimum atomic E-state index is -0.0296. The van der Waals surface area contributed by atoms with E-state index >= 15 is 0 Å². The van der Waals surface area contributed by atoms with Gasteiger partial charge in [0.1, 0.15) is 12.1 Å². The molecule has 0 unspecified atom stereocenters. The van der Waals surface area contributed by atoms with Gasteiger partial charge in [0.15, 0.2) is 5.65 Å². The lowest BCUT2D eigenvalue weighted by Gasteiger charge is -2.14. The van der Waals surface area contributed by atoms with Gasteiger partial charge in [0.25, 0.3) is 0 Å². The molecule has 2 aromatic heterocycles. The summed E-state index contributed by atoms with van der Waals surface area (Å²) in [6.07, 6.45) is 4.10. The second kappa shape index (κ2) is 6.34. The minimum Gasteiger partial charge on any atom is -0.394 e. The maximum absolute atomic E-state index is 9.37. The third kappa shape index (κ3) is 2.90. The molecule has 6 nitrogen and oxygen atoms in total. The summed E-state index contributed by atoms with van der Waals surface area (Å²) in [6, 6.07) is 6.18. The molecular formula is C17H21N5O. The number of hydrogen-bond donors (Lipinski definition) is 2. The number of aliphatic hydroxyl groups excluding tert-OH is 1. The molecule has 2 N–H and O–H groups in total. The van der Waals surface area contributed by atoms with Crippen LogP contribution in [0.15, 0.2) is 30.7 Å². The second-order valence-electron chi connectivity index (χ2n) is 5.72. The second-order valence-corrected chi connectivity index (χ2v) is 5.72. The number of nitrogens with one attached hydrogen (secondary N) is 1. The van der Waals surface area contributed by atoms with Gasteiger partial charge in [-0.1, -0.05) is 13.0 Å². The van der Waals surface area contributed by atoms with Crippen LogP contribution in [0.3, 0.4) is 0 Å². The molecule has 0 saturated carbocycles. The summed E-state index contributed by atoms with van der Waals surface area (Å²) in [6.45, 7) is 6.25. The summed E-state index contributed by atoms with van der Waals surface area (Å²) in [5, 5.41) is 17.9. The third-order valence-electron chi connectivity index (χ3n) is 4.15. The van der Waals surface area contributed by atoms with Gasteiger partial charge in [-0.05, 0) is 43.5 Å². The average molecular weight is 311 g/mol. The molecular weight excluding hydrogens is 290 g/mol. The van der Waals surface area contributed by atoms with Crippen molar-refractivity contribution in [3.8, 4) is 5.69 Å². The lowest BCUT2D eigenvalue weighted by molar-refractivity contribution is 0.271. The Morgan fingerprint density at radius 2 is 2.04 bits per heavy atom. The lowest BCUT2D eigenvalue weighted by Crippen LogP contribution is -2.23. The number of anilines is 1. The molecule has 0 spiro atoms. The van der Waals surface area contributed by atoms with Gasteiger partial charge in [-0.25, -0.2) is 14.6 Å². The molecule has 1 atom stereocenters. The Hall–Kier alpha value is -2.47. The van der Waals surface area contributed by atoms with Crippen LogP contribution in [0.1, 0.15) is 24.5 Å². The number of aromatic nitrogens is 4. The fraction of sp³-hybridized carbons (Fsp3) is 0.353. The van der Waals surface area contributed by atoms with Crippen LogP contribution in [0.5, 0.6) is 0 Å². The predicted octanol–water partition coefficient (Wildman–Crippen LogP) is 2.62. The average Bonchev–Trinajstić information content (AvgIpc) is 3.00. The number of aliphatic hydroxyl groups is 1. The van der Waals surface area contributed by atoms with E-state index in [1.165, 1.54) is 17.5 Å². The molecule has 0 radical (unpaired) electrons. The van der Waals surface area contributed by atoms with Crippen molar-refractivity contribution in [3.05, 3.63) is 41.9 Å². The summed E-state index contributed by atoms with van der Waals surface area (Å²) < 4.78 is 1.81. The van der Waals surface area contributed by atoms with Crippen LogP contribution >= 0.6 is 0 Å². The van der Waals surface area contributed by atoms with E-state index in [2.05, 4.69) is 46.4 Å². The highest BCUT2D eigenvalue weighted by Crippen LogP contribution is 2.23. The van der Waals surface area contributed by atoms with Crippen molar-refractivity contribution in [2.45, 2.75) is 33.2 Å². The molecule has 6 heteroatoms. The van der Waals surface area contributed by atoms with Crippen molar-refractivity contribution < 1.29 is 5.11 Å². The number of nitrogens with zero attached hydrogens (tertiary/aromatic N) is 4. The first-order chi connectivity index (χ1) is 11.1. The Kier molecular flexibility index (Phi) is 4.25. The molecule has 120 valence electrons. The van der Waals surface area contributed by atoms with E-state index in [1.54, 1.807) is 6.20 Å². The molecule has 3 aromatic rings. The molecule has 0 aliphatic heterocycles. The molecule has 0 amide bonds. The monoisotopic (exact) mass is 311 g/mol. The van der Waals surface area contributed by atoms with Crippen molar-refractivity contribution >= 4 is 16.9 Å². The van der Waals surface area contributed by atoms with Gasteiger partial charge in [0, 0.05) is 0 Å². The smallest absolute Gasteiger partial charge is 0.168 e. The molecule has 0 aliphatic rings. The van der Waals surface area contributed by atoms with Gasteiger partial charge >= 0.3 is 0 Å². The summed E-state index contributed by atoms with van der Waals surface area (Å²) in [4.78, 5) is 8.67. The van der Waals surface area contributed by atoms with E-state index in [1.807, 2.05) is 17.7 Å². The maximum Gasteiger partial charge on any atom is 0.168 e. The number of hydrogen-bond acceptors (Lipinski definition) is 5. The number of fused-ring (bicyclic) bond motifs is 1. The Balaban J connectivity index is 2.05. The Morgan fingerprint density at radius 1 is 1.22 bits per heavy atom. The van der Waals surface area contributed by atoms with Crippen molar-refractivity contribution in [2.75, 3.05) is 11.9 Å². The third-order valence-corrected chi connectivity index (χ3v) is 4.15. The molecule has 0 fully saturated rings. The van der Waals surface area contributed by atoms with E-state index in [-0.39, 0.29) is 12.6 Å². The number of aryl methyl sites for hydroxylation is 2. The lowest BCUT2D eigenvalue weighted by atomic mass is 10.1. The predicted molar refractivity (Wildman–Crippen MR) is 90.9 cm³/mol. The minimum absolute atomic E-state index is 0.0296. The van der Waals surface area contributed by atoms with Crippen molar-refractivity contribution in [1.29, 1.82) is 0 Å². The molecule has 3 rings (SSSR count). The maximum atomic E-state index is 9.37. The van der Waals surface area contributed by atoms with Gasteiger partial charge < -0.3 is 10.4 Å². The summed E-state index contributed by atoms with van der Waals surface area (Å²) in [7, 11) is 0. The number of benzene rings is 1. The molecule has 1 aromatic carbocycles. The van der Waals surface area contributed by atoms with Crippen LogP contribution in [-0.4, -0.2) is 37.5 Å². The largest absolute Gasteiger partial charge is 0.394 e. The Morgan fingerprint density at radius 3 is 2.74 bits per heavy atom. The zero-order valence-corrected chi connectivity index (χ0v) is 13.6. The quantitative estimate of drug-likeness (QED) is 0.757. The molecule has 0 aliphatic carbocycles. The molecule has 23 heavy (non-hydrogen) atoms. The van der Waals surface area contributed by atoms with Gasteiger partial charge in [-0.2, -0.15) is 5.10 Å². The first-order valence-corrected chi connectivity index (χ1v) is 7.77. The van der Waals surface area contributed by atoms with E-state index in [0.29, 0.717) is 5.82 Å². The normalized spacial score (nSPS) is 12.5. The first kappa shape index (κ1) is 15.4. The van der Waals surface area contributed by atoms with Gasteiger partial charge in [-0.3, -0.25) is 0 Å². The highest BCUT2D eigenvalue weighted by molar-refractivity contribution is 5.87. The zero-order chi connectivity index (χ0) is 16.4. The molecule has 0 bridgehead atoms. The summed E-state index contributed by atoms with van der Waals surface area (Å²) in [5.74, 6) is 0.700. The SMILES string of the molecule is CC[C@H](CO)Nc1ncnc2c1cnn2-c1ccc(C)c(C)c1. The van der Waals surface area contributed by atoms with Gasteiger partial charge in [0.05, 0.1) is 29.9 Å². The summed E-state index contributed by atoms with van der Waals surface area (Å²) in [5.41, 5.74) is 4.18. The highest BCUT2D eigenvalue weighted by Gasteiger charge is 2.13. The van der Waals surface area contributed by atoms with E-state index in [9.17, 15) is 5.11 Å². The number of rotatable bonds is 5. The van der Waals surface area contributed by atoms with Crippen molar-refractivity contribution in [3.63, 3.8) is 0 Å². The van der Waals surface area contributed by atoms with E-state index < -0.39 is 0 Å². The van der Waals surface area contributed by atoms with Crippen molar-refractivity contribution in [2.24, 2.45) is 0 Å². The molecule has 2 heterocycles. The highest BCUT2D eigenvalue weighted by atomic mass is 16.3. The van der Waals surface area contributed by atoms with Gasteiger partial charge in [0.2, 0.25) is 0 Å². The van der Waals surface area contributed by atoms with Crippen LogP contribution in [0, 0.1) is 13.8 Å². The van der Waals surface area contributed by atoms with Gasteiger partial charge in [-0.15, -0.1) is 0 Å². The van der Waals surface area contributed by atoms with Crippen molar-refractivity contribution in [1.82, 2.24) is 19.7 Å².